The van der Waals surface area contributed by atoms with Gasteiger partial charge >= 0.3 is 5.69 Å². The van der Waals surface area contributed by atoms with Gasteiger partial charge in [-0.25, -0.2) is 0 Å². The van der Waals surface area contributed by atoms with Crippen molar-refractivity contribution >= 4 is 5.69 Å². The summed E-state index contributed by atoms with van der Waals surface area (Å²) in [4.78, 5) is 10.8. The Morgan fingerprint density at radius 2 is 1.95 bits per heavy atom. The fourth-order valence-electron chi connectivity index (χ4n) is 2.06. The van der Waals surface area contributed by atoms with Crippen molar-refractivity contribution in [3.05, 3.63) is 21.5 Å². The van der Waals surface area contributed by atoms with Gasteiger partial charge in [-0.2, -0.15) is 5.10 Å². The summed E-state index contributed by atoms with van der Waals surface area (Å²) in [7, 11) is 0. The van der Waals surface area contributed by atoms with Crippen molar-refractivity contribution in [1.82, 2.24) is 15.1 Å². The van der Waals surface area contributed by atoms with Crippen molar-refractivity contribution in [3.8, 4) is 0 Å². The van der Waals surface area contributed by atoms with Crippen molar-refractivity contribution in [2.45, 2.75) is 59.5 Å². The molecule has 0 aliphatic carbocycles. The third kappa shape index (κ3) is 4.02. The largest absolute Gasteiger partial charge is 0.313 e. The van der Waals surface area contributed by atoms with E-state index in [4.69, 9.17) is 0 Å². The third-order valence-corrected chi connectivity index (χ3v) is 2.93. The maximum Gasteiger partial charge on any atom is 0.313 e. The van der Waals surface area contributed by atoms with Gasteiger partial charge in [0.2, 0.25) is 0 Å². The van der Waals surface area contributed by atoms with Crippen LogP contribution < -0.4 is 5.32 Å². The number of hydrogen-bond donors (Lipinski definition) is 1. The number of nitrogens with one attached hydrogen (secondary N) is 1. The average molecular weight is 268 g/mol. The van der Waals surface area contributed by atoms with Gasteiger partial charge in [0.15, 0.2) is 0 Å². The summed E-state index contributed by atoms with van der Waals surface area (Å²) in [6, 6.07) is 0. The molecule has 0 unspecified atom stereocenters. The molecule has 0 aliphatic heterocycles. The SMILES string of the molecule is CCc1nn(CCNC(C)(C)C)c(CC)c1[N+](=O)[O-]. The molecule has 6 nitrogen and oxygen atoms in total. The fraction of sp³-hybridized carbons (Fsp3) is 0.769. The van der Waals surface area contributed by atoms with Gasteiger partial charge in [0.25, 0.3) is 0 Å². The topological polar surface area (TPSA) is 73.0 Å². The quantitative estimate of drug-likeness (QED) is 0.634. The Labute approximate surface area is 114 Å². The molecule has 0 aliphatic rings. The monoisotopic (exact) mass is 268 g/mol. The average Bonchev–Trinajstić information content (AvgIpc) is 2.65. The minimum Gasteiger partial charge on any atom is -0.310 e. The Hall–Kier alpha value is -1.43. The van der Waals surface area contributed by atoms with Crippen LogP contribution in [0.5, 0.6) is 0 Å². The lowest BCUT2D eigenvalue weighted by Gasteiger charge is -2.20. The molecule has 108 valence electrons. The van der Waals surface area contributed by atoms with Crippen molar-refractivity contribution in [3.63, 3.8) is 0 Å². The molecule has 1 N–H and O–H groups in total. The molecule has 1 heterocycles. The van der Waals surface area contributed by atoms with Crippen LogP contribution in [-0.4, -0.2) is 26.8 Å². The highest BCUT2D eigenvalue weighted by molar-refractivity contribution is 5.41. The molecule has 0 spiro atoms. The van der Waals surface area contributed by atoms with Crippen LogP contribution >= 0.6 is 0 Å². The second kappa shape index (κ2) is 6.14. The van der Waals surface area contributed by atoms with Crippen LogP contribution in [0.2, 0.25) is 0 Å². The van der Waals surface area contributed by atoms with Crippen LogP contribution in [-0.2, 0) is 19.4 Å². The second-order valence-electron chi connectivity index (χ2n) is 5.61. The lowest BCUT2D eigenvalue weighted by Crippen LogP contribution is -2.38. The summed E-state index contributed by atoms with van der Waals surface area (Å²) in [6.07, 6.45) is 1.21. The van der Waals surface area contributed by atoms with Crippen molar-refractivity contribution in [1.29, 1.82) is 0 Å². The number of nitro groups is 1. The number of rotatable bonds is 6. The first kappa shape index (κ1) is 15.6. The first-order valence-corrected chi connectivity index (χ1v) is 6.78. The summed E-state index contributed by atoms with van der Waals surface area (Å²) in [6.45, 7) is 11.5. The van der Waals surface area contributed by atoms with Crippen LogP contribution in [0.1, 0.15) is 46.0 Å². The smallest absolute Gasteiger partial charge is 0.310 e. The first-order valence-electron chi connectivity index (χ1n) is 6.78. The van der Waals surface area contributed by atoms with E-state index < -0.39 is 0 Å². The molecule has 0 amide bonds. The lowest BCUT2D eigenvalue weighted by atomic mass is 10.1. The molecule has 0 bridgehead atoms. The van der Waals surface area contributed by atoms with E-state index in [-0.39, 0.29) is 16.1 Å². The van der Waals surface area contributed by atoms with Gasteiger partial charge < -0.3 is 5.32 Å². The number of nitrogens with zero attached hydrogens (tertiary/aromatic N) is 3. The van der Waals surface area contributed by atoms with Crippen molar-refractivity contribution < 1.29 is 4.92 Å². The Kier molecular flexibility index (Phi) is 5.05. The lowest BCUT2D eigenvalue weighted by molar-refractivity contribution is -0.386. The Balaban J connectivity index is 2.92. The van der Waals surface area contributed by atoms with E-state index in [1.807, 2.05) is 13.8 Å². The molecule has 1 rings (SSSR count). The van der Waals surface area contributed by atoms with E-state index in [0.29, 0.717) is 25.1 Å². The highest BCUT2D eigenvalue weighted by Gasteiger charge is 2.25. The van der Waals surface area contributed by atoms with Gasteiger partial charge in [0.1, 0.15) is 11.4 Å². The number of aromatic nitrogens is 2. The number of hydrogen-bond acceptors (Lipinski definition) is 4. The molecule has 1 aromatic rings. The van der Waals surface area contributed by atoms with Crippen LogP contribution in [0.15, 0.2) is 0 Å². The van der Waals surface area contributed by atoms with E-state index >= 15 is 0 Å². The Morgan fingerprint density at radius 3 is 2.37 bits per heavy atom. The third-order valence-electron chi connectivity index (χ3n) is 2.93. The Bertz CT molecular complexity index is 446. The molecule has 0 saturated carbocycles. The van der Waals surface area contributed by atoms with Gasteiger partial charge in [-0.3, -0.25) is 14.8 Å². The van der Waals surface area contributed by atoms with E-state index in [1.165, 1.54) is 0 Å². The van der Waals surface area contributed by atoms with Crippen LogP contribution in [0.25, 0.3) is 0 Å². The molecular formula is C13H24N4O2. The predicted octanol–water partition coefficient (Wildman–Crippen LogP) is 2.30. The van der Waals surface area contributed by atoms with Crippen molar-refractivity contribution in [2.24, 2.45) is 0 Å². The maximum atomic E-state index is 11.1. The van der Waals surface area contributed by atoms with E-state index in [0.717, 1.165) is 12.2 Å². The molecule has 0 aromatic carbocycles. The first-order chi connectivity index (χ1) is 8.80. The van der Waals surface area contributed by atoms with E-state index in [2.05, 4.69) is 31.2 Å². The maximum absolute atomic E-state index is 11.1. The minimum atomic E-state index is -0.307. The highest BCUT2D eigenvalue weighted by atomic mass is 16.6. The summed E-state index contributed by atoms with van der Waals surface area (Å²) in [5.41, 5.74) is 1.54. The fourth-order valence-corrected chi connectivity index (χ4v) is 2.06. The number of aryl methyl sites for hydroxylation is 1. The summed E-state index contributed by atoms with van der Waals surface area (Å²) in [5, 5.41) is 18.9. The zero-order valence-electron chi connectivity index (χ0n) is 12.5. The van der Waals surface area contributed by atoms with Crippen LogP contribution in [0.4, 0.5) is 5.69 Å². The normalized spacial score (nSPS) is 11.8. The van der Waals surface area contributed by atoms with E-state index in [1.54, 1.807) is 4.68 Å². The molecule has 6 heteroatoms. The van der Waals surface area contributed by atoms with Gasteiger partial charge in [-0.15, -0.1) is 0 Å². The van der Waals surface area contributed by atoms with Gasteiger partial charge in [-0.05, 0) is 33.6 Å². The molecule has 1 aromatic heterocycles. The summed E-state index contributed by atoms with van der Waals surface area (Å²) in [5.74, 6) is 0. The molecule has 0 saturated heterocycles. The second-order valence-corrected chi connectivity index (χ2v) is 5.61. The van der Waals surface area contributed by atoms with Crippen LogP contribution in [0, 0.1) is 10.1 Å². The summed E-state index contributed by atoms with van der Waals surface area (Å²) < 4.78 is 1.77. The van der Waals surface area contributed by atoms with Gasteiger partial charge in [0.05, 0.1) is 11.5 Å². The molecule has 0 radical (unpaired) electrons. The summed E-state index contributed by atoms with van der Waals surface area (Å²) >= 11 is 0. The zero-order valence-corrected chi connectivity index (χ0v) is 12.5. The minimum absolute atomic E-state index is 0.0407. The van der Waals surface area contributed by atoms with Gasteiger partial charge in [0, 0.05) is 12.1 Å². The molecule has 19 heavy (non-hydrogen) atoms. The standard InChI is InChI=1S/C13H24N4O2/c1-6-10-12(17(18)19)11(7-2)16(15-10)9-8-14-13(3,4)5/h14H,6-9H2,1-5H3. The molecule has 0 fully saturated rings. The Morgan fingerprint density at radius 1 is 1.32 bits per heavy atom. The zero-order chi connectivity index (χ0) is 14.6. The molecular weight excluding hydrogens is 244 g/mol. The van der Waals surface area contributed by atoms with E-state index in [9.17, 15) is 10.1 Å². The molecule has 0 atom stereocenters. The van der Waals surface area contributed by atoms with Gasteiger partial charge in [-0.1, -0.05) is 13.8 Å². The predicted molar refractivity (Wildman–Crippen MR) is 75.4 cm³/mol. The highest BCUT2D eigenvalue weighted by Crippen LogP contribution is 2.24. The van der Waals surface area contributed by atoms with Crippen molar-refractivity contribution in [2.75, 3.05) is 6.54 Å². The van der Waals surface area contributed by atoms with Crippen LogP contribution in [0.3, 0.4) is 0 Å².